The molecule has 1 fully saturated rings. The average molecular weight is 319 g/mol. The van der Waals surface area contributed by atoms with Gasteiger partial charge in [-0.1, -0.05) is 19.4 Å². The number of nitrogens with one attached hydrogen (secondary N) is 1. The Labute approximate surface area is 139 Å². The Kier molecular flexibility index (Phi) is 5.63. The Morgan fingerprint density at radius 2 is 2.22 bits per heavy atom. The van der Waals surface area contributed by atoms with E-state index in [0.29, 0.717) is 13.1 Å². The molecule has 1 atom stereocenters. The minimum Gasteiger partial charge on any atom is -0.444 e. The highest BCUT2D eigenvalue weighted by Gasteiger charge is 2.29. The number of piperazine rings is 1. The SMILES string of the molecule is CCCc1cnc(C2CN(C(=O)OC(C)(C)C)CCN2)c(C)c1. The second-order valence-electron chi connectivity index (χ2n) is 7.23. The predicted octanol–water partition coefficient (Wildman–Crippen LogP) is 3.22. The Bertz CT molecular complexity index is 552. The van der Waals surface area contributed by atoms with Crippen LogP contribution in [0.15, 0.2) is 12.3 Å². The first kappa shape index (κ1) is 17.7. The third kappa shape index (κ3) is 4.93. The van der Waals surface area contributed by atoms with Crippen LogP contribution in [0.3, 0.4) is 0 Å². The lowest BCUT2D eigenvalue weighted by atomic mass is 10.0. The number of aromatic nitrogens is 1. The first-order valence-electron chi connectivity index (χ1n) is 8.47. The number of ether oxygens (including phenoxy) is 1. The quantitative estimate of drug-likeness (QED) is 0.929. The van der Waals surface area contributed by atoms with Gasteiger partial charge < -0.3 is 15.0 Å². The van der Waals surface area contributed by atoms with Crippen LogP contribution in [0.25, 0.3) is 0 Å². The molecule has 0 bridgehead atoms. The molecule has 2 heterocycles. The molecule has 128 valence electrons. The molecule has 0 saturated carbocycles. The maximum Gasteiger partial charge on any atom is 0.410 e. The lowest BCUT2D eigenvalue weighted by molar-refractivity contribution is 0.0193. The first-order valence-corrected chi connectivity index (χ1v) is 8.47. The third-order valence-corrected chi connectivity index (χ3v) is 3.87. The number of carbonyl (C=O) groups is 1. The Morgan fingerprint density at radius 3 is 2.83 bits per heavy atom. The maximum absolute atomic E-state index is 12.3. The zero-order chi connectivity index (χ0) is 17.0. The summed E-state index contributed by atoms with van der Waals surface area (Å²) in [6, 6.07) is 2.27. The number of hydrogen-bond donors (Lipinski definition) is 1. The van der Waals surface area contributed by atoms with Gasteiger partial charge in [0.25, 0.3) is 0 Å². The van der Waals surface area contributed by atoms with Crippen molar-refractivity contribution in [3.63, 3.8) is 0 Å². The van der Waals surface area contributed by atoms with Crippen molar-refractivity contribution in [3.05, 3.63) is 29.1 Å². The largest absolute Gasteiger partial charge is 0.444 e. The molecule has 1 aromatic heterocycles. The van der Waals surface area contributed by atoms with E-state index in [1.807, 2.05) is 27.0 Å². The number of rotatable bonds is 3. The number of pyridine rings is 1. The minimum absolute atomic E-state index is 0.0620. The molecule has 0 aliphatic carbocycles. The van der Waals surface area contributed by atoms with Gasteiger partial charge in [0.05, 0.1) is 11.7 Å². The fourth-order valence-electron chi connectivity index (χ4n) is 2.86. The van der Waals surface area contributed by atoms with Crippen LogP contribution in [-0.4, -0.2) is 41.2 Å². The predicted molar refractivity (Wildman–Crippen MR) is 91.5 cm³/mol. The second-order valence-corrected chi connectivity index (χ2v) is 7.23. The molecule has 23 heavy (non-hydrogen) atoms. The van der Waals surface area contributed by atoms with Gasteiger partial charge in [0.2, 0.25) is 0 Å². The van der Waals surface area contributed by atoms with E-state index in [-0.39, 0.29) is 12.1 Å². The summed E-state index contributed by atoms with van der Waals surface area (Å²) >= 11 is 0. The molecule has 0 radical (unpaired) electrons. The van der Waals surface area contributed by atoms with Crippen LogP contribution < -0.4 is 5.32 Å². The van der Waals surface area contributed by atoms with Gasteiger partial charge in [-0.2, -0.15) is 0 Å². The van der Waals surface area contributed by atoms with Gasteiger partial charge in [-0.15, -0.1) is 0 Å². The molecule has 0 aromatic carbocycles. The van der Waals surface area contributed by atoms with Crippen LogP contribution in [-0.2, 0) is 11.2 Å². The van der Waals surface area contributed by atoms with Crippen molar-refractivity contribution in [1.82, 2.24) is 15.2 Å². The van der Waals surface area contributed by atoms with Gasteiger partial charge in [-0.25, -0.2) is 4.79 Å². The molecule has 0 spiro atoms. The van der Waals surface area contributed by atoms with Crippen LogP contribution in [0.1, 0.15) is 57.0 Å². The van der Waals surface area contributed by atoms with Crippen molar-refractivity contribution in [2.24, 2.45) is 0 Å². The molecule has 5 heteroatoms. The summed E-state index contributed by atoms with van der Waals surface area (Å²) < 4.78 is 5.48. The first-order chi connectivity index (χ1) is 10.8. The van der Waals surface area contributed by atoms with E-state index in [0.717, 1.165) is 25.1 Å². The molecular weight excluding hydrogens is 290 g/mol. The highest BCUT2D eigenvalue weighted by atomic mass is 16.6. The smallest absolute Gasteiger partial charge is 0.410 e. The summed E-state index contributed by atoms with van der Waals surface area (Å²) in [5.41, 5.74) is 3.01. The Hall–Kier alpha value is -1.62. The Balaban J connectivity index is 2.07. The van der Waals surface area contributed by atoms with Crippen molar-refractivity contribution in [2.75, 3.05) is 19.6 Å². The number of amides is 1. The minimum atomic E-state index is -0.465. The number of aryl methyl sites for hydroxylation is 2. The van der Waals surface area contributed by atoms with E-state index in [2.05, 4.69) is 30.2 Å². The van der Waals surface area contributed by atoms with Crippen molar-refractivity contribution in [3.8, 4) is 0 Å². The molecule has 1 N–H and O–H groups in total. The second kappa shape index (κ2) is 7.30. The third-order valence-electron chi connectivity index (χ3n) is 3.87. The lowest BCUT2D eigenvalue weighted by Gasteiger charge is -2.35. The molecule has 5 nitrogen and oxygen atoms in total. The summed E-state index contributed by atoms with van der Waals surface area (Å²) in [4.78, 5) is 18.7. The fraction of sp³-hybridized carbons (Fsp3) is 0.667. The highest BCUT2D eigenvalue weighted by Crippen LogP contribution is 2.21. The number of nitrogens with zero attached hydrogens (tertiary/aromatic N) is 2. The van der Waals surface area contributed by atoms with E-state index < -0.39 is 5.60 Å². The molecular formula is C18H29N3O2. The van der Waals surface area contributed by atoms with Gasteiger partial charge in [0.1, 0.15) is 5.60 Å². The highest BCUT2D eigenvalue weighted by molar-refractivity contribution is 5.68. The zero-order valence-corrected chi connectivity index (χ0v) is 15.0. The standard InChI is InChI=1S/C18H29N3O2/c1-6-7-14-10-13(2)16(20-11-14)15-12-21(9-8-19-15)17(22)23-18(3,4)5/h10-11,15,19H,6-9,12H2,1-5H3. The maximum atomic E-state index is 12.3. The van der Waals surface area contributed by atoms with Crippen LogP contribution >= 0.6 is 0 Å². The van der Waals surface area contributed by atoms with Crippen molar-refractivity contribution in [2.45, 2.75) is 59.1 Å². The molecule has 1 aliphatic heterocycles. The lowest BCUT2D eigenvalue weighted by Crippen LogP contribution is -2.50. The summed E-state index contributed by atoms with van der Waals surface area (Å²) in [7, 11) is 0. The Morgan fingerprint density at radius 1 is 1.48 bits per heavy atom. The molecule has 2 rings (SSSR count). The van der Waals surface area contributed by atoms with E-state index in [1.54, 1.807) is 4.90 Å². The van der Waals surface area contributed by atoms with Crippen LogP contribution in [0.5, 0.6) is 0 Å². The van der Waals surface area contributed by atoms with E-state index in [4.69, 9.17) is 4.74 Å². The van der Waals surface area contributed by atoms with Crippen LogP contribution in [0.4, 0.5) is 4.79 Å². The monoisotopic (exact) mass is 319 g/mol. The normalized spacial score (nSPS) is 18.8. The van der Waals surface area contributed by atoms with Crippen molar-refractivity contribution in [1.29, 1.82) is 0 Å². The van der Waals surface area contributed by atoms with Gasteiger partial charge in [-0.3, -0.25) is 4.98 Å². The summed E-state index contributed by atoms with van der Waals surface area (Å²) in [5, 5.41) is 3.46. The zero-order valence-electron chi connectivity index (χ0n) is 15.0. The average Bonchev–Trinajstić information content (AvgIpc) is 2.46. The van der Waals surface area contributed by atoms with Gasteiger partial charge in [-0.05, 0) is 45.2 Å². The van der Waals surface area contributed by atoms with Crippen LogP contribution in [0.2, 0.25) is 0 Å². The van der Waals surface area contributed by atoms with Crippen LogP contribution in [0, 0.1) is 6.92 Å². The van der Waals surface area contributed by atoms with E-state index >= 15 is 0 Å². The summed E-state index contributed by atoms with van der Waals surface area (Å²) in [6.07, 6.45) is 3.88. The summed E-state index contributed by atoms with van der Waals surface area (Å²) in [5.74, 6) is 0. The van der Waals surface area contributed by atoms with Gasteiger partial charge in [0.15, 0.2) is 0 Å². The number of carbonyl (C=O) groups excluding carboxylic acids is 1. The molecule has 1 saturated heterocycles. The van der Waals surface area contributed by atoms with Crippen molar-refractivity contribution >= 4 is 6.09 Å². The summed E-state index contributed by atoms with van der Waals surface area (Å²) in [6.45, 7) is 11.9. The molecule has 1 unspecified atom stereocenters. The number of hydrogen-bond acceptors (Lipinski definition) is 4. The molecule has 1 aromatic rings. The van der Waals surface area contributed by atoms with E-state index in [1.165, 1.54) is 11.1 Å². The topological polar surface area (TPSA) is 54.5 Å². The van der Waals surface area contributed by atoms with Crippen molar-refractivity contribution < 1.29 is 9.53 Å². The van der Waals surface area contributed by atoms with Gasteiger partial charge in [0, 0.05) is 25.8 Å². The molecule has 1 aliphatic rings. The molecule has 1 amide bonds. The van der Waals surface area contributed by atoms with E-state index in [9.17, 15) is 4.79 Å². The fourth-order valence-corrected chi connectivity index (χ4v) is 2.86. The van der Waals surface area contributed by atoms with Gasteiger partial charge >= 0.3 is 6.09 Å².